The molecular weight excluding hydrogens is 321 g/mol. The van der Waals surface area contributed by atoms with Crippen LogP contribution in [-0.4, -0.2) is 31.8 Å². The van der Waals surface area contributed by atoms with Crippen LogP contribution in [-0.2, 0) is 12.6 Å². The summed E-state index contributed by atoms with van der Waals surface area (Å²) in [4.78, 5) is 26.2. The molecule has 4 rings (SSSR count). The lowest BCUT2D eigenvalue weighted by atomic mass is 9.98. The molecule has 0 radical (unpaired) electrons. The molecule has 2 atom stereocenters. The normalized spacial score (nSPS) is 22.4. The molecule has 0 spiro atoms. The minimum absolute atomic E-state index is 0.0205. The fourth-order valence-corrected chi connectivity index (χ4v) is 3.57. The van der Waals surface area contributed by atoms with Crippen molar-refractivity contribution in [3.05, 3.63) is 53.4 Å². The first-order valence-electron chi connectivity index (χ1n) is 7.60. The van der Waals surface area contributed by atoms with Crippen LogP contribution in [0.2, 0.25) is 0 Å². The molecule has 0 saturated carbocycles. The highest BCUT2D eigenvalue weighted by molar-refractivity contribution is 5.94. The maximum Gasteiger partial charge on any atom is 0.433 e. The number of rotatable bonds is 1. The molecule has 0 N–H and O–H groups in total. The summed E-state index contributed by atoms with van der Waals surface area (Å²) in [7, 11) is 0. The van der Waals surface area contributed by atoms with Crippen molar-refractivity contribution in [1.82, 2.24) is 19.9 Å². The summed E-state index contributed by atoms with van der Waals surface area (Å²) < 4.78 is 37.8. The minimum Gasteiger partial charge on any atom is -0.328 e. The molecule has 2 bridgehead atoms. The second-order valence-corrected chi connectivity index (χ2v) is 6.02. The molecule has 2 unspecified atom stereocenters. The number of nitrogens with zero attached hydrogens (tertiary/aromatic N) is 4. The van der Waals surface area contributed by atoms with Gasteiger partial charge in [0, 0.05) is 30.4 Å². The minimum atomic E-state index is -4.51. The fourth-order valence-electron chi connectivity index (χ4n) is 3.57. The Kier molecular flexibility index (Phi) is 3.29. The Hall–Kier alpha value is -2.51. The van der Waals surface area contributed by atoms with Gasteiger partial charge in [-0.25, -0.2) is 9.97 Å². The van der Waals surface area contributed by atoms with Crippen LogP contribution >= 0.6 is 0 Å². The van der Waals surface area contributed by atoms with Gasteiger partial charge in [0.1, 0.15) is 12.0 Å². The predicted octanol–water partition coefficient (Wildman–Crippen LogP) is 2.79. The SMILES string of the molecule is O=C(c1ccc(C(F)(F)F)nc1)N1C2CCC1c1cncnc1C2. The second kappa shape index (κ2) is 5.25. The van der Waals surface area contributed by atoms with Crippen molar-refractivity contribution in [2.75, 3.05) is 0 Å². The molecule has 0 aliphatic carbocycles. The van der Waals surface area contributed by atoms with Crippen LogP contribution in [0.4, 0.5) is 13.2 Å². The monoisotopic (exact) mass is 334 g/mol. The van der Waals surface area contributed by atoms with E-state index in [1.807, 2.05) is 0 Å². The molecule has 4 heterocycles. The number of hydrogen-bond acceptors (Lipinski definition) is 4. The number of pyridine rings is 1. The van der Waals surface area contributed by atoms with Gasteiger partial charge < -0.3 is 4.90 Å². The van der Waals surface area contributed by atoms with Gasteiger partial charge in [0.2, 0.25) is 0 Å². The molecule has 24 heavy (non-hydrogen) atoms. The van der Waals surface area contributed by atoms with Crippen molar-refractivity contribution in [2.45, 2.75) is 37.5 Å². The zero-order valence-corrected chi connectivity index (χ0v) is 12.5. The summed E-state index contributed by atoms with van der Waals surface area (Å²) in [6, 6.07) is 1.94. The number of carbonyl (C=O) groups is 1. The van der Waals surface area contributed by atoms with E-state index in [0.29, 0.717) is 6.42 Å². The standard InChI is InChI=1S/C16H13F3N4O/c17-16(18,19)14-4-1-9(6-21-14)15(24)23-10-2-3-13(23)11-7-20-8-22-12(11)5-10/h1,4,6-8,10,13H,2-3,5H2. The maximum atomic E-state index is 12.8. The first kappa shape index (κ1) is 15.0. The van der Waals surface area contributed by atoms with Gasteiger partial charge in [-0.1, -0.05) is 0 Å². The Labute approximate surface area is 135 Å². The third kappa shape index (κ3) is 2.33. The molecule has 1 amide bonds. The van der Waals surface area contributed by atoms with Crippen LogP contribution in [0.3, 0.4) is 0 Å². The number of amides is 1. The zero-order valence-electron chi connectivity index (χ0n) is 12.5. The molecule has 8 heteroatoms. The van der Waals surface area contributed by atoms with Gasteiger partial charge in [-0.05, 0) is 25.0 Å². The van der Waals surface area contributed by atoms with Crippen molar-refractivity contribution >= 4 is 5.91 Å². The van der Waals surface area contributed by atoms with Crippen molar-refractivity contribution in [3.63, 3.8) is 0 Å². The van der Waals surface area contributed by atoms with Crippen LogP contribution in [0, 0.1) is 0 Å². The lowest BCUT2D eigenvalue weighted by molar-refractivity contribution is -0.141. The third-order valence-electron chi connectivity index (χ3n) is 4.65. The molecule has 1 fully saturated rings. The van der Waals surface area contributed by atoms with Crippen LogP contribution in [0.25, 0.3) is 0 Å². The summed E-state index contributed by atoms with van der Waals surface area (Å²) in [5.41, 5.74) is 1.05. The molecular formula is C16H13F3N4O. The van der Waals surface area contributed by atoms with E-state index in [4.69, 9.17) is 0 Å². The van der Waals surface area contributed by atoms with Gasteiger partial charge in [-0.3, -0.25) is 9.78 Å². The Morgan fingerprint density at radius 1 is 1.17 bits per heavy atom. The summed E-state index contributed by atoms with van der Waals surface area (Å²) in [5.74, 6) is -0.293. The quantitative estimate of drug-likeness (QED) is 0.805. The molecule has 2 aliphatic heterocycles. The van der Waals surface area contributed by atoms with E-state index in [1.165, 1.54) is 12.4 Å². The van der Waals surface area contributed by atoms with Gasteiger partial charge in [0.15, 0.2) is 0 Å². The van der Waals surface area contributed by atoms with Crippen molar-refractivity contribution in [2.24, 2.45) is 0 Å². The Morgan fingerprint density at radius 2 is 2.00 bits per heavy atom. The lowest BCUT2D eigenvalue weighted by Gasteiger charge is -2.35. The number of halogens is 3. The first-order valence-corrected chi connectivity index (χ1v) is 7.60. The van der Waals surface area contributed by atoms with Gasteiger partial charge in [0.25, 0.3) is 5.91 Å². The number of aromatic nitrogens is 3. The Morgan fingerprint density at radius 3 is 2.71 bits per heavy atom. The number of carbonyl (C=O) groups excluding carboxylic acids is 1. The second-order valence-electron chi connectivity index (χ2n) is 6.02. The van der Waals surface area contributed by atoms with Crippen molar-refractivity contribution in [1.29, 1.82) is 0 Å². The lowest BCUT2D eigenvalue weighted by Crippen LogP contribution is -2.42. The number of alkyl halides is 3. The van der Waals surface area contributed by atoms with E-state index in [0.717, 1.165) is 36.4 Å². The van der Waals surface area contributed by atoms with Crippen LogP contribution in [0.5, 0.6) is 0 Å². The van der Waals surface area contributed by atoms with E-state index < -0.39 is 11.9 Å². The molecule has 0 aromatic carbocycles. The van der Waals surface area contributed by atoms with E-state index >= 15 is 0 Å². The first-order chi connectivity index (χ1) is 11.4. The van der Waals surface area contributed by atoms with Gasteiger partial charge in [-0.15, -0.1) is 0 Å². The fraction of sp³-hybridized carbons (Fsp3) is 0.375. The van der Waals surface area contributed by atoms with Gasteiger partial charge in [0.05, 0.1) is 17.3 Å². The Balaban J connectivity index is 1.64. The molecule has 1 saturated heterocycles. The largest absolute Gasteiger partial charge is 0.433 e. The summed E-state index contributed by atoms with van der Waals surface area (Å²) in [5, 5.41) is 0. The molecule has 2 aromatic heterocycles. The van der Waals surface area contributed by atoms with Crippen molar-refractivity contribution < 1.29 is 18.0 Å². The van der Waals surface area contributed by atoms with Crippen LogP contribution in [0.15, 0.2) is 30.9 Å². The summed E-state index contributed by atoms with van der Waals surface area (Å²) in [6.45, 7) is 0. The topological polar surface area (TPSA) is 59.0 Å². The Bertz CT molecular complexity index is 791. The molecule has 2 aromatic rings. The average molecular weight is 334 g/mol. The molecule has 124 valence electrons. The van der Waals surface area contributed by atoms with E-state index in [1.54, 1.807) is 11.1 Å². The van der Waals surface area contributed by atoms with E-state index in [2.05, 4.69) is 15.0 Å². The van der Waals surface area contributed by atoms with E-state index in [9.17, 15) is 18.0 Å². The van der Waals surface area contributed by atoms with Gasteiger partial charge in [-0.2, -0.15) is 13.2 Å². The highest BCUT2D eigenvalue weighted by Crippen LogP contribution is 2.43. The summed E-state index contributed by atoms with van der Waals surface area (Å²) >= 11 is 0. The third-order valence-corrected chi connectivity index (χ3v) is 4.65. The highest BCUT2D eigenvalue weighted by atomic mass is 19.4. The van der Waals surface area contributed by atoms with Crippen LogP contribution < -0.4 is 0 Å². The summed E-state index contributed by atoms with van der Waals surface area (Å²) in [6.07, 6.45) is 2.01. The van der Waals surface area contributed by atoms with Gasteiger partial charge >= 0.3 is 6.18 Å². The van der Waals surface area contributed by atoms with Crippen LogP contribution in [0.1, 0.15) is 46.2 Å². The maximum absolute atomic E-state index is 12.8. The highest BCUT2D eigenvalue weighted by Gasteiger charge is 2.43. The molecule has 5 nitrogen and oxygen atoms in total. The zero-order chi connectivity index (χ0) is 16.9. The molecule has 2 aliphatic rings. The number of fused-ring (bicyclic) bond motifs is 4. The van der Waals surface area contributed by atoms with E-state index in [-0.39, 0.29) is 23.6 Å². The number of hydrogen-bond donors (Lipinski definition) is 0. The van der Waals surface area contributed by atoms with Crippen molar-refractivity contribution in [3.8, 4) is 0 Å². The average Bonchev–Trinajstić information content (AvgIpc) is 2.88. The predicted molar refractivity (Wildman–Crippen MR) is 76.9 cm³/mol. The smallest absolute Gasteiger partial charge is 0.328 e.